The van der Waals surface area contributed by atoms with Gasteiger partial charge in [0.2, 0.25) is 0 Å². The van der Waals surface area contributed by atoms with Crippen LogP contribution in [0.5, 0.6) is 0 Å². The fourth-order valence-corrected chi connectivity index (χ4v) is 2.34. The Morgan fingerprint density at radius 3 is 2.81 bits per heavy atom. The summed E-state index contributed by atoms with van der Waals surface area (Å²) in [5.41, 5.74) is 0. The zero-order valence-corrected chi connectivity index (χ0v) is 13.0. The first-order chi connectivity index (χ1) is 10.3. The molecule has 21 heavy (non-hydrogen) atoms. The molecule has 1 rings (SSSR count). The molecule has 1 heterocycles. The Morgan fingerprint density at radius 1 is 1.33 bits per heavy atom. The van der Waals surface area contributed by atoms with E-state index in [1.165, 1.54) is 6.42 Å². The monoisotopic (exact) mass is 297 g/mol. The van der Waals surface area contributed by atoms with E-state index in [1.807, 2.05) is 6.07 Å². The largest absolute Gasteiger partial charge is 0.465 e. The van der Waals surface area contributed by atoms with Crippen LogP contribution in [-0.4, -0.2) is 32.1 Å². The van der Waals surface area contributed by atoms with Crippen molar-refractivity contribution >= 4 is 5.97 Å². The summed E-state index contributed by atoms with van der Waals surface area (Å²) in [5, 5.41) is 8.92. The summed E-state index contributed by atoms with van der Waals surface area (Å²) < 4.78 is 16.0. The Hall–Kier alpha value is -1.12. The lowest BCUT2D eigenvalue weighted by molar-refractivity contribution is -0.162. The van der Waals surface area contributed by atoms with Gasteiger partial charge in [-0.05, 0) is 39.0 Å². The van der Waals surface area contributed by atoms with E-state index in [0.29, 0.717) is 13.0 Å². The van der Waals surface area contributed by atoms with Crippen LogP contribution in [0.15, 0.2) is 0 Å². The Morgan fingerprint density at radius 2 is 2.14 bits per heavy atom. The van der Waals surface area contributed by atoms with Crippen molar-refractivity contribution in [1.82, 2.24) is 0 Å². The van der Waals surface area contributed by atoms with E-state index in [0.717, 1.165) is 51.7 Å². The van der Waals surface area contributed by atoms with Crippen LogP contribution in [-0.2, 0) is 19.0 Å². The molecule has 0 aromatic carbocycles. The number of ether oxygens (including phenoxy) is 3. The second-order valence-electron chi connectivity index (χ2n) is 5.30. The molecule has 0 amide bonds. The van der Waals surface area contributed by atoms with Crippen molar-refractivity contribution in [1.29, 1.82) is 5.26 Å². The van der Waals surface area contributed by atoms with E-state index in [9.17, 15) is 4.79 Å². The van der Waals surface area contributed by atoms with Gasteiger partial charge in [0.1, 0.15) is 5.92 Å². The van der Waals surface area contributed by atoms with E-state index < -0.39 is 11.9 Å². The van der Waals surface area contributed by atoms with Gasteiger partial charge in [-0.2, -0.15) is 5.26 Å². The lowest BCUT2D eigenvalue weighted by Crippen LogP contribution is -2.22. The quantitative estimate of drug-likeness (QED) is 0.457. The van der Waals surface area contributed by atoms with E-state index in [1.54, 1.807) is 6.92 Å². The zero-order chi connectivity index (χ0) is 15.3. The van der Waals surface area contributed by atoms with Crippen LogP contribution in [0.3, 0.4) is 0 Å². The molecule has 0 aromatic heterocycles. The van der Waals surface area contributed by atoms with Crippen molar-refractivity contribution in [2.75, 3.05) is 19.8 Å². The maximum Gasteiger partial charge on any atom is 0.323 e. The average molecular weight is 297 g/mol. The van der Waals surface area contributed by atoms with Crippen LogP contribution in [0.25, 0.3) is 0 Å². The van der Waals surface area contributed by atoms with Gasteiger partial charge in [0.15, 0.2) is 6.29 Å². The topological polar surface area (TPSA) is 68.6 Å². The number of hydrogen-bond donors (Lipinski definition) is 0. The highest BCUT2D eigenvalue weighted by molar-refractivity contribution is 5.75. The lowest BCUT2D eigenvalue weighted by Gasteiger charge is -2.22. The molecule has 0 saturated carbocycles. The van der Waals surface area contributed by atoms with Gasteiger partial charge in [-0.3, -0.25) is 4.79 Å². The summed E-state index contributed by atoms with van der Waals surface area (Å²) in [4.78, 5) is 11.4. The normalized spacial score (nSPS) is 19.7. The minimum atomic E-state index is -0.614. The van der Waals surface area contributed by atoms with Gasteiger partial charge in [0, 0.05) is 13.2 Å². The molecule has 0 aromatic rings. The molecule has 5 heteroatoms. The van der Waals surface area contributed by atoms with Gasteiger partial charge in [0.05, 0.1) is 12.7 Å². The smallest absolute Gasteiger partial charge is 0.323 e. The van der Waals surface area contributed by atoms with Crippen LogP contribution in [0.2, 0.25) is 0 Å². The summed E-state index contributed by atoms with van der Waals surface area (Å²) in [7, 11) is 0. The Balaban J connectivity index is 1.96. The van der Waals surface area contributed by atoms with Crippen molar-refractivity contribution in [3.63, 3.8) is 0 Å². The predicted molar refractivity (Wildman–Crippen MR) is 78.4 cm³/mol. The van der Waals surface area contributed by atoms with Crippen molar-refractivity contribution in [3.05, 3.63) is 0 Å². The number of carbonyl (C=O) groups excluding carboxylic acids is 1. The molecule has 0 N–H and O–H groups in total. The standard InChI is InChI=1S/C16H27NO4/c1-2-19-16(18)14(13-17)9-5-3-4-7-11-20-15-10-6-8-12-21-15/h14-15H,2-12H2,1H3. The van der Waals surface area contributed by atoms with Crippen molar-refractivity contribution in [2.45, 2.75) is 64.6 Å². The fourth-order valence-electron chi connectivity index (χ4n) is 2.34. The minimum Gasteiger partial charge on any atom is -0.465 e. The molecule has 5 nitrogen and oxygen atoms in total. The van der Waals surface area contributed by atoms with Crippen LogP contribution in [0.1, 0.15) is 58.3 Å². The summed E-state index contributed by atoms with van der Waals surface area (Å²) in [5.74, 6) is -1.00. The maximum absolute atomic E-state index is 11.4. The molecular formula is C16H27NO4. The SMILES string of the molecule is CCOC(=O)C(C#N)CCCCCCOC1CCCCO1. The van der Waals surface area contributed by atoms with E-state index >= 15 is 0 Å². The van der Waals surface area contributed by atoms with Crippen LogP contribution in [0, 0.1) is 17.2 Å². The van der Waals surface area contributed by atoms with Crippen LogP contribution >= 0.6 is 0 Å². The molecular weight excluding hydrogens is 270 g/mol. The maximum atomic E-state index is 11.4. The molecule has 1 aliphatic heterocycles. The van der Waals surface area contributed by atoms with Gasteiger partial charge in [-0.25, -0.2) is 0 Å². The third kappa shape index (κ3) is 8.03. The number of carbonyl (C=O) groups is 1. The molecule has 0 radical (unpaired) electrons. The van der Waals surface area contributed by atoms with Crippen LogP contribution in [0.4, 0.5) is 0 Å². The number of rotatable bonds is 10. The first kappa shape index (κ1) is 17.9. The van der Waals surface area contributed by atoms with Gasteiger partial charge in [-0.1, -0.05) is 19.3 Å². The molecule has 1 saturated heterocycles. The molecule has 0 bridgehead atoms. The summed E-state index contributed by atoms with van der Waals surface area (Å²) in [6, 6.07) is 2.02. The third-order valence-electron chi connectivity index (χ3n) is 3.56. The van der Waals surface area contributed by atoms with Crippen molar-refractivity contribution in [2.24, 2.45) is 5.92 Å². The highest BCUT2D eigenvalue weighted by atomic mass is 16.7. The lowest BCUT2D eigenvalue weighted by atomic mass is 10.0. The zero-order valence-electron chi connectivity index (χ0n) is 13.0. The van der Waals surface area contributed by atoms with Gasteiger partial charge < -0.3 is 14.2 Å². The Labute approximate surface area is 127 Å². The highest BCUT2D eigenvalue weighted by Crippen LogP contribution is 2.15. The second kappa shape index (κ2) is 11.5. The van der Waals surface area contributed by atoms with Crippen LogP contribution < -0.4 is 0 Å². The number of unbranched alkanes of at least 4 members (excludes halogenated alkanes) is 3. The molecule has 2 atom stereocenters. The van der Waals surface area contributed by atoms with Crippen molar-refractivity contribution < 1.29 is 19.0 Å². The summed E-state index contributed by atoms with van der Waals surface area (Å²) in [6.07, 6.45) is 7.83. The number of esters is 1. The minimum absolute atomic E-state index is 0.00877. The summed E-state index contributed by atoms with van der Waals surface area (Å²) >= 11 is 0. The third-order valence-corrected chi connectivity index (χ3v) is 3.56. The van der Waals surface area contributed by atoms with E-state index in [2.05, 4.69) is 0 Å². The number of nitriles is 1. The molecule has 0 aliphatic carbocycles. The van der Waals surface area contributed by atoms with E-state index in [4.69, 9.17) is 19.5 Å². The molecule has 2 unspecified atom stereocenters. The number of nitrogens with zero attached hydrogens (tertiary/aromatic N) is 1. The first-order valence-corrected chi connectivity index (χ1v) is 8.07. The Bertz CT molecular complexity index is 321. The van der Waals surface area contributed by atoms with Gasteiger partial charge in [0.25, 0.3) is 0 Å². The van der Waals surface area contributed by atoms with Crippen molar-refractivity contribution in [3.8, 4) is 6.07 Å². The Kier molecular flexibility index (Phi) is 9.84. The molecule has 1 aliphatic rings. The molecule has 120 valence electrons. The second-order valence-corrected chi connectivity index (χ2v) is 5.30. The fraction of sp³-hybridized carbons (Fsp3) is 0.875. The van der Waals surface area contributed by atoms with Gasteiger partial charge >= 0.3 is 5.97 Å². The van der Waals surface area contributed by atoms with E-state index in [-0.39, 0.29) is 6.29 Å². The predicted octanol–water partition coefficient (Wildman–Crippen LogP) is 3.18. The highest BCUT2D eigenvalue weighted by Gasteiger charge is 2.18. The first-order valence-electron chi connectivity index (χ1n) is 8.07. The number of hydrogen-bond acceptors (Lipinski definition) is 5. The average Bonchev–Trinajstić information content (AvgIpc) is 2.51. The van der Waals surface area contributed by atoms with Gasteiger partial charge in [-0.15, -0.1) is 0 Å². The molecule has 1 fully saturated rings. The molecule has 0 spiro atoms. The summed E-state index contributed by atoms with van der Waals surface area (Å²) in [6.45, 7) is 3.62.